The average Bonchev–Trinajstić information content (AvgIpc) is 3.08. The fraction of sp³-hybridized carbons (Fsp3) is 0.273. The predicted molar refractivity (Wildman–Crippen MR) is 54.3 cm³/mol. The van der Waals surface area contributed by atoms with Crippen molar-refractivity contribution >= 4 is 11.7 Å². The number of hydrogen-bond acceptors (Lipinski definition) is 4. The highest BCUT2D eigenvalue weighted by Gasteiger charge is 2.42. The van der Waals surface area contributed by atoms with Crippen LogP contribution in [0.15, 0.2) is 24.3 Å². The van der Waals surface area contributed by atoms with Gasteiger partial charge in [-0.1, -0.05) is 12.1 Å². The fourth-order valence-electron chi connectivity index (χ4n) is 1.56. The van der Waals surface area contributed by atoms with E-state index in [-0.39, 0.29) is 12.0 Å². The largest absolute Gasteiger partial charge is 0.467 e. The maximum atomic E-state index is 11.2. The molecule has 2 rings (SSSR count). The number of ether oxygens (including phenoxy) is 1. The number of carbonyl (C=O) groups excluding carboxylic acids is 1. The first kappa shape index (κ1) is 9.53. The van der Waals surface area contributed by atoms with Gasteiger partial charge in [0, 0.05) is 0 Å². The Morgan fingerprint density at radius 2 is 2.33 bits per heavy atom. The molecule has 4 nitrogen and oxygen atoms in total. The summed E-state index contributed by atoms with van der Waals surface area (Å²) in [7, 11) is 1.37. The number of rotatable bonds is 2. The minimum absolute atomic E-state index is 0.218. The number of carbonyl (C=O) groups is 1. The number of methoxy groups -OCH3 is 1. The summed E-state index contributed by atoms with van der Waals surface area (Å²) in [6.07, 6.45) is 0. The monoisotopic (exact) mass is 202 g/mol. The second kappa shape index (κ2) is 3.62. The van der Waals surface area contributed by atoms with E-state index in [9.17, 15) is 4.79 Å². The zero-order valence-electron chi connectivity index (χ0n) is 8.30. The van der Waals surface area contributed by atoms with Gasteiger partial charge in [-0.05, 0) is 12.1 Å². The van der Waals surface area contributed by atoms with Crippen molar-refractivity contribution in [3.8, 4) is 6.07 Å². The third-order valence-corrected chi connectivity index (χ3v) is 2.42. The van der Waals surface area contributed by atoms with Gasteiger partial charge >= 0.3 is 5.97 Å². The minimum Gasteiger partial charge on any atom is -0.467 e. The molecule has 1 unspecified atom stereocenters. The van der Waals surface area contributed by atoms with Crippen LogP contribution < -0.4 is 4.90 Å². The molecule has 15 heavy (non-hydrogen) atoms. The third kappa shape index (κ3) is 1.64. The maximum Gasteiger partial charge on any atom is 0.330 e. The summed E-state index contributed by atoms with van der Waals surface area (Å²) in [6, 6.07) is 9.11. The van der Waals surface area contributed by atoms with Crippen LogP contribution in [-0.4, -0.2) is 25.7 Å². The fourth-order valence-corrected chi connectivity index (χ4v) is 1.56. The molecule has 4 heteroatoms. The van der Waals surface area contributed by atoms with Gasteiger partial charge in [0.2, 0.25) is 0 Å². The number of benzene rings is 1. The standard InChI is InChI=1S/C11H10N2O2/c1-15-11(14)10-7-13(10)9-5-3-2-4-8(9)6-12/h2-5,10H,7H2,1H3. The Labute approximate surface area is 87.7 Å². The van der Waals surface area contributed by atoms with Gasteiger partial charge in [-0.25, -0.2) is 4.79 Å². The molecular weight excluding hydrogens is 192 g/mol. The van der Waals surface area contributed by atoms with E-state index in [1.807, 2.05) is 17.0 Å². The number of nitriles is 1. The lowest BCUT2D eigenvalue weighted by Gasteiger charge is -2.05. The molecule has 0 N–H and O–H groups in total. The van der Waals surface area contributed by atoms with E-state index >= 15 is 0 Å². The molecule has 0 radical (unpaired) electrons. The molecule has 0 bridgehead atoms. The van der Waals surface area contributed by atoms with Crippen molar-refractivity contribution in [2.45, 2.75) is 6.04 Å². The first-order valence-corrected chi connectivity index (χ1v) is 4.61. The van der Waals surface area contributed by atoms with Gasteiger partial charge in [-0.2, -0.15) is 5.26 Å². The van der Waals surface area contributed by atoms with E-state index in [4.69, 9.17) is 5.26 Å². The highest BCUT2D eigenvalue weighted by atomic mass is 16.5. The highest BCUT2D eigenvalue weighted by molar-refractivity contribution is 5.87. The molecule has 1 atom stereocenters. The van der Waals surface area contributed by atoms with Crippen LogP contribution in [0.5, 0.6) is 0 Å². The van der Waals surface area contributed by atoms with E-state index in [1.165, 1.54) is 7.11 Å². The van der Waals surface area contributed by atoms with Crippen LogP contribution in [0.25, 0.3) is 0 Å². The Hall–Kier alpha value is -2.02. The molecular formula is C11H10N2O2. The zero-order chi connectivity index (χ0) is 10.8. The molecule has 1 heterocycles. The smallest absolute Gasteiger partial charge is 0.330 e. The summed E-state index contributed by atoms with van der Waals surface area (Å²) in [5.41, 5.74) is 1.39. The first-order valence-electron chi connectivity index (χ1n) is 4.61. The minimum atomic E-state index is -0.247. The van der Waals surface area contributed by atoms with Crippen LogP contribution >= 0.6 is 0 Å². The molecule has 0 amide bonds. The van der Waals surface area contributed by atoms with Crippen molar-refractivity contribution in [1.29, 1.82) is 5.26 Å². The van der Waals surface area contributed by atoms with Crippen LogP contribution in [-0.2, 0) is 9.53 Å². The third-order valence-electron chi connectivity index (χ3n) is 2.42. The lowest BCUT2D eigenvalue weighted by molar-refractivity contribution is -0.139. The van der Waals surface area contributed by atoms with Crippen molar-refractivity contribution in [3.05, 3.63) is 29.8 Å². The molecule has 0 saturated carbocycles. The van der Waals surface area contributed by atoms with E-state index in [0.29, 0.717) is 12.1 Å². The lowest BCUT2D eigenvalue weighted by atomic mass is 10.2. The summed E-state index contributed by atoms with van der Waals surface area (Å²) < 4.78 is 4.64. The van der Waals surface area contributed by atoms with Crippen molar-refractivity contribution < 1.29 is 9.53 Å². The summed E-state index contributed by atoms with van der Waals surface area (Å²) in [4.78, 5) is 13.1. The van der Waals surface area contributed by atoms with Crippen LogP contribution in [0.2, 0.25) is 0 Å². The Bertz CT molecular complexity index is 436. The number of para-hydroxylation sites is 1. The number of hydrogen-bond donors (Lipinski definition) is 0. The molecule has 0 aromatic heterocycles. The van der Waals surface area contributed by atoms with E-state index in [1.54, 1.807) is 12.1 Å². The van der Waals surface area contributed by atoms with E-state index < -0.39 is 0 Å². The van der Waals surface area contributed by atoms with Crippen molar-refractivity contribution in [1.82, 2.24) is 0 Å². The number of nitrogens with zero attached hydrogens (tertiary/aromatic N) is 2. The van der Waals surface area contributed by atoms with Gasteiger partial charge in [-0.3, -0.25) is 0 Å². The Balaban J connectivity index is 2.20. The second-order valence-electron chi connectivity index (χ2n) is 3.32. The second-order valence-corrected chi connectivity index (χ2v) is 3.32. The molecule has 1 aliphatic rings. The van der Waals surface area contributed by atoms with Gasteiger partial charge in [0.15, 0.2) is 0 Å². The van der Waals surface area contributed by atoms with Crippen molar-refractivity contribution in [2.24, 2.45) is 0 Å². The normalized spacial score (nSPS) is 18.1. The predicted octanol–water partition coefficient (Wildman–Crippen LogP) is 0.920. The summed E-state index contributed by atoms with van der Waals surface area (Å²) in [5, 5.41) is 8.88. The Kier molecular flexibility index (Phi) is 2.30. The molecule has 1 fully saturated rings. The molecule has 1 aromatic rings. The molecule has 1 aromatic carbocycles. The van der Waals surface area contributed by atoms with Gasteiger partial charge in [0.25, 0.3) is 0 Å². The van der Waals surface area contributed by atoms with Crippen LogP contribution in [0, 0.1) is 11.3 Å². The van der Waals surface area contributed by atoms with Gasteiger partial charge in [0.1, 0.15) is 12.1 Å². The topological polar surface area (TPSA) is 53.1 Å². The van der Waals surface area contributed by atoms with Gasteiger partial charge < -0.3 is 9.64 Å². The highest BCUT2D eigenvalue weighted by Crippen LogP contribution is 2.30. The number of anilines is 1. The van der Waals surface area contributed by atoms with E-state index in [2.05, 4.69) is 10.8 Å². The van der Waals surface area contributed by atoms with Crippen molar-refractivity contribution in [3.63, 3.8) is 0 Å². The van der Waals surface area contributed by atoms with Crippen LogP contribution in [0.4, 0.5) is 5.69 Å². The zero-order valence-corrected chi connectivity index (χ0v) is 8.30. The summed E-state index contributed by atoms with van der Waals surface area (Å²) >= 11 is 0. The summed E-state index contributed by atoms with van der Waals surface area (Å²) in [6.45, 7) is 0.630. The quantitative estimate of drug-likeness (QED) is 0.528. The maximum absolute atomic E-state index is 11.2. The molecule has 0 spiro atoms. The average molecular weight is 202 g/mol. The van der Waals surface area contributed by atoms with Crippen LogP contribution in [0.1, 0.15) is 5.56 Å². The molecule has 1 saturated heterocycles. The van der Waals surface area contributed by atoms with Crippen molar-refractivity contribution in [2.75, 3.05) is 18.6 Å². The Morgan fingerprint density at radius 3 is 3.00 bits per heavy atom. The van der Waals surface area contributed by atoms with Gasteiger partial charge in [-0.15, -0.1) is 0 Å². The van der Waals surface area contributed by atoms with E-state index in [0.717, 1.165) is 5.69 Å². The SMILES string of the molecule is COC(=O)C1CN1c1ccccc1C#N. The lowest BCUT2D eigenvalue weighted by Crippen LogP contribution is -2.14. The Morgan fingerprint density at radius 1 is 1.60 bits per heavy atom. The molecule has 1 aliphatic heterocycles. The van der Waals surface area contributed by atoms with Gasteiger partial charge in [0.05, 0.1) is 24.9 Å². The van der Waals surface area contributed by atoms with Crippen LogP contribution in [0.3, 0.4) is 0 Å². The summed E-state index contributed by atoms with van der Waals surface area (Å²) in [5.74, 6) is -0.247. The molecule has 76 valence electrons. The molecule has 0 aliphatic carbocycles. The first-order chi connectivity index (χ1) is 7.27. The number of esters is 1.